The third-order valence-electron chi connectivity index (χ3n) is 4.53. The summed E-state index contributed by atoms with van der Waals surface area (Å²) in [5.74, 6) is 2.53. The Hall–Kier alpha value is -2.11. The first-order valence-corrected chi connectivity index (χ1v) is 9.15. The van der Waals surface area contributed by atoms with E-state index in [2.05, 4.69) is 39.6 Å². The monoisotopic (exact) mass is 348 g/mol. The summed E-state index contributed by atoms with van der Waals surface area (Å²) >= 11 is 0. The molecule has 0 aromatic heterocycles. The molecule has 1 aromatic carbocycles. The molecule has 2 N–H and O–H groups in total. The molecule has 6 nitrogen and oxygen atoms in total. The molecule has 1 fully saturated rings. The molecule has 6 heteroatoms. The molecule has 0 radical (unpaired) electrons. The predicted octanol–water partition coefficient (Wildman–Crippen LogP) is 2.64. The van der Waals surface area contributed by atoms with Crippen LogP contribution in [0, 0.1) is 0 Å². The molecular weight excluding hydrogens is 316 g/mol. The number of hydrogen-bond donors (Lipinski definition) is 2. The Morgan fingerprint density at radius 2 is 1.92 bits per heavy atom. The lowest BCUT2D eigenvalue weighted by molar-refractivity contribution is 0.394. The number of aliphatic imine (C=N–C) groups is 1. The fourth-order valence-corrected chi connectivity index (χ4v) is 3.06. The van der Waals surface area contributed by atoms with Crippen molar-refractivity contribution < 1.29 is 9.47 Å². The van der Waals surface area contributed by atoms with Gasteiger partial charge < -0.3 is 25.0 Å². The zero-order chi connectivity index (χ0) is 18.1. The first-order chi connectivity index (χ1) is 12.2. The molecule has 0 amide bonds. The normalized spacial score (nSPS) is 17.5. The molecular formula is C19H32N4O2. The number of benzene rings is 1. The minimum absolute atomic E-state index is 0.384. The number of nitrogens with zero attached hydrogens (tertiary/aromatic N) is 2. The van der Waals surface area contributed by atoms with Crippen molar-refractivity contribution in [2.24, 2.45) is 4.99 Å². The highest BCUT2D eigenvalue weighted by Gasteiger charge is 2.24. The van der Waals surface area contributed by atoms with Gasteiger partial charge in [0.2, 0.25) is 0 Å². The molecule has 0 aliphatic carbocycles. The van der Waals surface area contributed by atoms with Crippen molar-refractivity contribution in [1.29, 1.82) is 0 Å². The van der Waals surface area contributed by atoms with Gasteiger partial charge in [-0.3, -0.25) is 4.99 Å². The highest BCUT2D eigenvalue weighted by Crippen LogP contribution is 2.30. The van der Waals surface area contributed by atoms with Gasteiger partial charge in [0.05, 0.1) is 14.2 Å². The van der Waals surface area contributed by atoms with Crippen molar-refractivity contribution in [3.63, 3.8) is 0 Å². The Balaban J connectivity index is 1.90. The van der Waals surface area contributed by atoms with E-state index < -0.39 is 0 Å². The highest BCUT2D eigenvalue weighted by atomic mass is 16.5. The van der Waals surface area contributed by atoms with Crippen LogP contribution in [0.25, 0.3) is 0 Å². The van der Waals surface area contributed by atoms with Crippen LogP contribution < -0.4 is 25.0 Å². The maximum Gasteiger partial charge on any atom is 0.191 e. The molecule has 0 spiro atoms. The van der Waals surface area contributed by atoms with Gasteiger partial charge in [-0.1, -0.05) is 19.8 Å². The van der Waals surface area contributed by atoms with Gasteiger partial charge in [0, 0.05) is 56.6 Å². The standard InChI is InChI=1S/C19H32N4O2/c1-5-6-7-9-21-19(20-2)22-15-8-10-23(14-15)16-11-17(24-3)13-18(12-16)25-4/h11-13,15H,5-10,14H2,1-4H3,(H2,20,21,22). The van der Waals surface area contributed by atoms with E-state index in [1.54, 1.807) is 14.2 Å². The average Bonchev–Trinajstić information content (AvgIpc) is 3.12. The third kappa shape index (κ3) is 5.73. The molecule has 1 aliphatic heterocycles. The molecule has 2 rings (SSSR count). The quantitative estimate of drug-likeness (QED) is 0.430. The molecule has 140 valence electrons. The van der Waals surface area contributed by atoms with E-state index in [4.69, 9.17) is 9.47 Å². The van der Waals surface area contributed by atoms with Gasteiger partial charge in [0.25, 0.3) is 0 Å². The van der Waals surface area contributed by atoms with Crippen molar-refractivity contribution in [3.8, 4) is 11.5 Å². The zero-order valence-corrected chi connectivity index (χ0v) is 16.0. The lowest BCUT2D eigenvalue weighted by Gasteiger charge is -2.21. The fraction of sp³-hybridized carbons (Fsp3) is 0.632. The molecule has 1 aliphatic rings. The van der Waals surface area contributed by atoms with Crippen LogP contribution in [0.1, 0.15) is 32.6 Å². The number of methoxy groups -OCH3 is 2. The van der Waals surface area contributed by atoms with E-state index >= 15 is 0 Å². The maximum absolute atomic E-state index is 5.38. The molecule has 1 unspecified atom stereocenters. The Morgan fingerprint density at radius 3 is 2.52 bits per heavy atom. The Labute approximate surface area is 151 Å². The van der Waals surface area contributed by atoms with Gasteiger partial charge in [0.1, 0.15) is 11.5 Å². The number of unbranched alkanes of at least 4 members (excludes halogenated alkanes) is 2. The number of guanidine groups is 1. The SMILES string of the molecule is CCCCCNC(=NC)NC1CCN(c2cc(OC)cc(OC)c2)C1. The zero-order valence-electron chi connectivity index (χ0n) is 16.0. The second kappa shape index (κ2) is 10.0. The summed E-state index contributed by atoms with van der Waals surface area (Å²) in [4.78, 5) is 6.69. The van der Waals surface area contributed by atoms with Gasteiger partial charge in [-0.15, -0.1) is 0 Å². The van der Waals surface area contributed by atoms with Gasteiger partial charge in [-0.05, 0) is 12.8 Å². The number of anilines is 1. The first kappa shape index (κ1) is 19.2. The maximum atomic E-state index is 5.38. The summed E-state index contributed by atoms with van der Waals surface area (Å²) in [6.45, 7) is 5.12. The lowest BCUT2D eigenvalue weighted by Crippen LogP contribution is -2.44. The van der Waals surface area contributed by atoms with E-state index in [-0.39, 0.29) is 0 Å². The van der Waals surface area contributed by atoms with Gasteiger partial charge in [-0.25, -0.2) is 0 Å². The largest absolute Gasteiger partial charge is 0.497 e. The smallest absolute Gasteiger partial charge is 0.191 e. The highest BCUT2D eigenvalue weighted by molar-refractivity contribution is 5.80. The topological polar surface area (TPSA) is 58.1 Å². The molecule has 1 saturated heterocycles. The van der Waals surface area contributed by atoms with Crippen LogP contribution in [0.2, 0.25) is 0 Å². The predicted molar refractivity (Wildman–Crippen MR) is 104 cm³/mol. The number of rotatable bonds is 8. The van der Waals surface area contributed by atoms with Crippen molar-refractivity contribution in [2.45, 2.75) is 38.6 Å². The van der Waals surface area contributed by atoms with Crippen LogP contribution in [0.3, 0.4) is 0 Å². The number of nitrogens with one attached hydrogen (secondary N) is 2. The minimum atomic E-state index is 0.384. The van der Waals surface area contributed by atoms with Crippen LogP contribution in [0.15, 0.2) is 23.2 Å². The molecule has 0 saturated carbocycles. The third-order valence-corrected chi connectivity index (χ3v) is 4.53. The summed E-state index contributed by atoms with van der Waals surface area (Å²) in [6, 6.07) is 6.40. The van der Waals surface area contributed by atoms with Crippen molar-refractivity contribution >= 4 is 11.6 Å². The first-order valence-electron chi connectivity index (χ1n) is 9.15. The Morgan fingerprint density at radius 1 is 1.20 bits per heavy atom. The second-order valence-electron chi connectivity index (χ2n) is 6.35. The van der Waals surface area contributed by atoms with Crippen LogP contribution in [-0.2, 0) is 0 Å². The van der Waals surface area contributed by atoms with Crippen LogP contribution in [0.5, 0.6) is 11.5 Å². The van der Waals surface area contributed by atoms with Crippen LogP contribution in [-0.4, -0.2) is 52.9 Å². The Kier molecular flexibility index (Phi) is 7.70. The number of ether oxygens (including phenoxy) is 2. The van der Waals surface area contributed by atoms with Crippen molar-refractivity contribution in [2.75, 3.05) is 45.8 Å². The van der Waals surface area contributed by atoms with E-state index in [1.165, 1.54) is 19.3 Å². The Bertz CT molecular complexity index is 540. The summed E-state index contributed by atoms with van der Waals surface area (Å²) in [7, 11) is 5.19. The van der Waals surface area contributed by atoms with Gasteiger partial charge >= 0.3 is 0 Å². The van der Waals surface area contributed by atoms with E-state index in [1.807, 2.05) is 13.1 Å². The van der Waals surface area contributed by atoms with Crippen LogP contribution in [0.4, 0.5) is 5.69 Å². The average molecular weight is 348 g/mol. The van der Waals surface area contributed by atoms with E-state index in [0.29, 0.717) is 6.04 Å². The lowest BCUT2D eigenvalue weighted by atomic mass is 10.2. The van der Waals surface area contributed by atoms with E-state index in [9.17, 15) is 0 Å². The molecule has 0 bridgehead atoms. The summed E-state index contributed by atoms with van der Waals surface area (Å²) in [6.07, 6.45) is 4.74. The van der Waals surface area contributed by atoms with E-state index in [0.717, 1.165) is 49.2 Å². The van der Waals surface area contributed by atoms with Crippen LogP contribution >= 0.6 is 0 Å². The summed E-state index contributed by atoms with van der Waals surface area (Å²) in [5, 5.41) is 6.94. The minimum Gasteiger partial charge on any atom is -0.497 e. The molecule has 1 aromatic rings. The number of hydrogen-bond acceptors (Lipinski definition) is 4. The van der Waals surface area contributed by atoms with Gasteiger partial charge in [-0.2, -0.15) is 0 Å². The molecule has 1 heterocycles. The fourth-order valence-electron chi connectivity index (χ4n) is 3.06. The summed E-state index contributed by atoms with van der Waals surface area (Å²) < 4.78 is 10.8. The summed E-state index contributed by atoms with van der Waals surface area (Å²) in [5.41, 5.74) is 1.13. The van der Waals surface area contributed by atoms with Crippen molar-refractivity contribution in [3.05, 3.63) is 18.2 Å². The van der Waals surface area contributed by atoms with Crippen molar-refractivity contribution in [1.82, 2.24) is 10.6 Å². The molecule has 25 heavy (non-hydrogen) atoms. The van der Waals surface area contributed by atoms with Gasteiger partial charge in [0.15, 0.2) is 5.96 Å². The second-order valence-corrected chi connectivity index (χ2v) is 6.35. The molecule has 1 atom stereocenters.